The van der Waals surface area contributed by atoms with Gasteiger partial charge in [0.25, 0.3) is 0 Å². The summed E-state index contributed by atoms with van der Waals surface area (Å²) in [5.74, 6) is -1.70. The van der Waals surface area contributed by atoms with Gasteiger partial charge >= 0.3 is 18.0 Å². The fourth-order valence-electron chi connectivity index (χ4n) is 1.25. The van der Waals surface area contributed by atoms with E-state index in [2.05, 4.69) is 5.32 Å². The van der Waals surface area contributed by atoms with E-state index in [4.69, 9.17) is 14.6 Å². The molecule has 0 fully saturated rings. The van der Waals surface area contributed by atoms with E-state index in [0.29, 0.717) is 0 Å². The Kier molecular flexibility index (Phi) is 9.20. The number of carboxylic acid groups (broad SMARTS) is 1. The van der Waals surface area contributed by atoms with E-state index in [0.717, 1.165) is 12.8 Å². The number of carbonyl (C=O) groups excluding carboxylic acids is 2. The lowest BCUT2D eigenvalue weighted by molar-refractivity contribution is -0.146. The summed E-state index contributed by atoms with van der Waals surface area (Å²) < 4.78 is 9.60. The van der Waals surface area contributed by atoms with Crippen molar-refractivity contribution < 1.29 is 29.0 Å². The minimum absolute atomic E-state index is 0.0307. The molecular weight excluding hydrogens is 254 g/mol. The minimum Gasteiger partial charge on any atom is -0.481 e. The standard InChI is InChI=1S/C12H21NO6/c1-3-5-8-19-12(17)13-9(6-7-10(14)15)11(16)18-4-2/h9H,3-8H2,1-2H3,(H,13,17)(H,14,15)/t9-/m0/s1. The monoisotopic (exact) mass is 275 g/mol. The molecule has 110 valence electrons. The molecule has 0 aliphatic heterocycles. The molecule has 1 amide bonds. The van der Waals surface area contributed by atoms with Crippen LogP contribution in [0.15, 0.2) is 0 Å². The number of unbranched alkanes of at least 4 members (excludes halogenated alkanes) is 1. The van der Waals surface area contributed by atoms with E-state index in [1.165, 1.54) is 0 Å². The van der Waals surface area contributed by atoms with E-state index in [9.17, 15) is 14.4 Å². The molecule has 0 bridgehead atoms. The molecule has 2 N–H and O–H groups in total. The summed E-state index contributed by atoms with van der Waals surface area (Å²) in [7, 11) is 0. The van der Waals surface area contributed by atoms with Crippen molar-refractivity contribution in [3.8, 4) is 0 Å². The van der Waals surface area contributed by atoms with Crippen molar-refractivity contribution in [2.75, 3.05) is 13.2 Å². The molecule has 7 nitrogen and oxygen atoms in total. The van der Waals surface area contributed by atoms with Crippen molar-refractivity contribution in [3.05, 3.63) is 0 Å². The van der Waals surface area contributed by atoms with Gasteiger partial charge in [-0.05, 0) is 19.8 Å². The largest absolute Gasteiger partial charge is 0.481 e. The van der Waals surface area contributed by atoms with Gasteiger partial charge in [-0.3, -0.25) is 4.79 Å². The second-order valence-corrected chi connectivity index (χ2v) is 3.87. The summed E-state index contributed by atoms with van der Waals surface area (Å²) in [6, 6.07) is -0.995. The zero-order chi connectivity index (χ0) is 14.7. The maximum atomic E-state index is 11.5. The van der Waals surface area contributed by atoms with Gasteiger partial charge < -0.3 is 19.9 Å². The van der Waals surface area contributed by atoms with Gasteiger partial charge in [0, 0.05) is 6.42 Å². The Morgan fingerprint density at radius 3 is 2.42 bits per heavy atom. The predicted molar refractivity (Wildman–Crippen MR) is 66.7 cm³/mol. The Bertz CT molecular complexity index is 305. The molecule has 1 atom stereocenters. The van der Waals surface area contributed by atoms with Gasteiger partial charge in [0.2, 0.25) is 0 Å². The molecule has 0 saturated carbocycles. The van der Waals surface area contributed by atoms with Crippen LogP contribution in [-0.4, -0.2) is 42.4 Å². The van der Waals surface area contributed by atoms with E-state index < -0.39 is 24.1 Å². The molecule has 0 spiro atoms. The number of carboxylic acids is 1. The third-order valence-corrected chi connectivity index (χ3v) is 2.24. The fraction of sp³-hybridized carbons (Fsp3) is 0.750. The number of rotatable bonds is 9. The predicted octanol–water partition coefficient (Wildman–Crippen LogP) is 1.31. The normalized spacial score (nSPS) is 11.5. The third-order valence-electron chi connectivity index (χ3n) is 2.24. The van der Waals surface area contributed by atoms with Crippen LogP contribution >= 0.6 is 0 Å². The van der Waals surface area contributed by atoms with Gasteiger partial charge in [0.15, 0.2) is 0 Å². The molecule has 0 aliphatic carbocycles. The number of amides is 1. The van der Waals surface area contributed by atoms with Gasteiger partial charge in [-0.2, -0.15) is 0 Å². The van der Waals surface area contributed by atoms with Crippen molar-refractivity contribution in [1.82, 2.24) is 5.32 Å². The van der Waals surface area contributed by atoms with Gasteiger partial charge in [0.1, 0.15) is 6.04 Å². The van der Waals surface area contributed by atoms with Crippen molar-refractivity contribution in [2.45, 2.75) is 45.6 Å². The van der Waals surface area contributed by atoms with Crippen LogP contribution in [0.3, 0.4) is 0 Å². The second-order valence-electron chi connectivity index (χ2n) is 3.87. The number of esters is 1. The van der Waals surface area contributed by atoms with Crippen LogP contribution in [-0.2, 0) is 19.1 Å². The smallest absolute Gasteiger partial charge is 0.407 e. The Balaban J connectivity index is 4.27. The summed E-state index contributed by atoms with van der Waals surface area (Å²) in [6.07, 6.45) is 0.604. The number of hydrogen-bond donors (Lipinski definition) is 2. The first kappa shape index (κ1) is 17.2. The second kappa shape index (κ2) is 10.2. The summed E-state index contributed by atoms with van der Waals surface area (Å²) in [6.45, 7) is 4.01. The van der Waals surface area contributed by atoms with Crippen molar-refractivity contribution in [1.29, 1.82) is 0 Å². The maximum absolute atomic E-state index is 11.5. The quantitative estimate of drug-likeness (QED) is 0.486. The fourth-order valence-corrected chi connectivity index (χ4v) is 1.25. The molecule has 0 rings (SSSR count). The molecule has 0 unspecified atom stereocenters. The Morgan fingerprint density at radius 1 is 1.21 bits per heavy atom. The van der Waals surface area contributed by atoms with Crippen molar-refractivity contribution in [2.24, 2.45) is 0 Å². The van der Waals surface area contributed by atoms with Crippen LogP contribution in [0.5, 0.6) is 0 Å². The number of ether oxygens (including phenoxy) is 2. The van der Waals surface area contributed by atoms with E-state index in [1.807, 2.05) is 6.92 Å². The highest BCUT2D eigenvalue weighted by molar-refractivity contribution is 5.82. The number of nitrogens with one attached hydrogen (secondary N) is 1. The SMILES string of the molecule is CCCCOC(=O)N[C@@H](CCC(=O)O)C(=O)OCC. The van der Waals surface area contributed by atoms with Crippen LogP contribution in [0.2, 0.25) is 0 Å². The lowest BCUT2D eigenvalue weighted by atomic mass is 10.1. The summed E-state index contributed by atoms with van der Waals surface area (Å²) in [5.41, 5.74) is 0. The van der Waals surface area contributed by atoms with Gasteiger partial charge in [-0.1, -0.05) is 13.3 Å². The average Bonchev–Trinajstić information content (AvgIpc) is 2.34. The molecule has 7 heteroatoms. The third kappa shape index (κ3) is 8.87. The molecule has 0 aromatic carbocycles. The highest BCUT2D eigenvalue weighted by atomic mass is 16.6. The molecule has 0 aromatic rings. The molecule has 19 heavy (non-hydrogen) atoms. The van der Waals surface area contributed by atoms with Crippen molar-refractivity contribution >= 4 is 18.0 Å². The summed E-state index contributed by atoms with van der Waals surface area (Å²) in [4.78, 5) is 33.4. The maximum Gasteiger partial charge on any atom is 0.407 e. The van der Waals surface area contributed by atoms with Gasteiger partial charge in [-0.15, -0.1) is 0 Å². The molecule has 0 heterocycles. The first-order valence-electron chi connectivity index (χ1n) is 6.32. The topological polar surface area (TPSA) is 102 Å². The van der Waals surface area contributed by atoms with Gasteiger partial charge in [-0.25, -0.2) is 9.59 Å². The lowest BCUT2D eigenvalue weighted by Crippen LogP contribution is -2.42. The Labute approximate surface area is 112 Å². The van der Waals surface area contributed by atoms with Crippen LogP contribution in [0.1, 0.15) is 39.5 Å². The Morgan fingerprint density at radius 2 is 1.89 bits per heavy atom. The van der Waals surface area contributed by atoms with Crippen LogP contribution in [0.25, 0.3) is 0 Å². The molecule has 0 saturated heterocycles. The van der Waals surface area contributed by atoms with Gasteiger partial charge in [0.05, 0.1) is 13.2 Å². The Hall–Kier alpha value is -1.79. The number of carbonyl (C=O) groups is 3. The molecular formula is C12H21NO6. The number of aliphatic carboxylic acids is 1. The van der Waals surface area contributed by atoms with E-state index >= 15 is 0 Å². The van der Waals surface area contributed by atoms with Crippen LogP contribution < -0.4 is 5.32 Å². The lowest BCUT2D eigenvalue weighted by Gasteiger charge is -2.16. The van der Waals surface area contributed by atoms with E-state index in [1.54, 1.807) is 6.92 Å². The molecule has 0 radical (unpaired) electrons. The highest BCUT2D eigenvalue weighted by Gasteiger charge is 2.23. The minimum atomic E-state index is -1.05. The van der Waals surface area contributed by atoms with Crippen LogP contribution in [0, 0.1) is 0 Å². The zero-order valence-corrected chi connectivity index (χ0v) is 11.3. The van der Waals surface area contributed by atoms with E-state index in [-0.39, 0.29) is 26.1 Å². The number of hydrogen-bond acceptors (Lipinski definition) is 5. The van der Waals surface area contributed by atoms with Crippen molar-refractivity contribution in [3.63, 3.8) is 0 Å². The first-order chi connectivity index (χ1) is 9.01. The molecule has 0 aliphatic rings. The van der Waals surface area contributed by atoms with Crippen LogP contribution in [0.4, 0.5) is 4.79 Å². The average molecular weight is 275 g/mol. The molecule has 0 aromatic heterocycles. The summed E-state index contributed by atoms with van der Waals surface area (Å²) >= 11 is 0. The zero-order valence-electron chi connectivity index (χ0n) is 11.3. The summed E-state index contributed by atoms with van der Waals surface area (Å²) in [5, 5.41) is 10.9. The first-order valence-corrected chi connectivity index (χ1v) is 6.32. The highest BCUT2D eigenvalue weighted by Crippen LogP contribution is 2.02. The number of alkyl carbamates (subject to hydrolysis) is 1.